The molecule has 2 amide bonds. The molecule has 4 aliphatic rings. The van der Waals surface area contributed by atoms with Crippen LogP contribution in [-0.2, 0) is 20.9 Å². The molecule has 258 valence electrons. The number of benzene rings is 3. The van der Waals surface area contributed by atoms with E-state index in [-0.39, 0.29) is 65.5 Å². The van der Waals surface area contributed by atoms with Crippen LogP contribution >= 0.6 is 0 Å². The Balaban J connectivity index is 0.961. The van der Waals surface area contributed by atoms with E-state index in [1.54, 1.807) is 6.92 Å². The number of allylic oxidation sites excluding steroid dienone is 1. The molecule has 0 aromatic heterocycles. The lowest BCUT2D eigenvalue weighted by Gasteiger charge is -2.39. The van der Waals surface area contributed by atoms with Gasteiger partial charge in [0.25, 0.3) is 5.91 Å². The third-order valence-electron chi connectivity index (χ3n) is 11.9. The Morgan fingerprint density at radius 1 is 0.939 bits per heavy atom. The molecule has 3 aromatic carbocycles. The van der Waals surface area contributed by atoms with Gasteiger partial charge in [-0.3, -0.25) is 14.4 Å². The molecular formula is C41H47FN2O5. The Bertz CT molecular complexity index is 1780. The number of halogens is 1. The van der Waals surface area contributed by atoms with Crippen LogP contribution in [0.25, 0.3) is 10.8 Å². The third-order valence-corrected chi connectivity index (χ3v) is 11.9. The average Bonchev–Trinajstić information content (AvgIpc) is 3.69. The number of hydrogen-bond acceptors (Lipinski definition) is 5. The van der Waals surface area contributed by atoms with Crippen LogP contribution in [0.4, 0.5) is 4.39 Å². The predicted octanol–water partition coefficient (Wildman–Crippen LogP) is 7.59. The summed E-state index contributed by atoms with van der Waals surface area (Å²) in [6.07, 6.45) is 10.4. The van der Waals surface area contributed by atoms with Crippen molar-refractivity contribution in [3.05, 3.63) is 89.3 Å². The highest BCUT2D eigenvalue weighted by atomic mass is 19.1. The summed E-state index contributed by atoms with van der Waals surface area (Å²) in [7, 11) is 0. The van der Waals surface area contributed by atoms with Gasteiger partial charge < -0.3 is 20.1 Å². The van der Waals surface area contributed by atoms with Crippen LogP contribution in [0.5, 0.6) is 5.75 Å². The van der Waals surface area contributed by atoms with Crippen LogP contribution in [0.2, 0.25) is 0 Å². The van der Waals surface area contributed by atoms with E-state index in [0.717, 1.165) is 35.6 Å². The quantitative estimate of drug-likeness (QED) is 0.172. The van der Waals surface area contributed by atoms with Crippen molar-refractivity contribution in [2.24, 2.45) is 28.6 Å². The summed E-state index contributed by atoms with van der Waals surface area (Å²) in [6, 6.07) is 16.5. The Hall–Kier alpha value is -4.20. The number of ether oxygens (including phenoxy) is 2. The smallest absolute Gasteiger partial charge is 0.312 e. The van der Waals surface area contributed by atoms with Crippen molar-refractivity contribution >= 4 is 28.6 Å². The fraction of sp³-hybridized carbons (Fsp3) is 0.488. The molecule has 3 aromatic rings. The summed E-state index contributed by atoms with van der Waals surface area (Å²) in [5.41, 5.74) is 1.32. The van der Waals surface area contributed by atoms with Gasteiger partial charge in [-0.2, -0.15) is 0 Å². The number of aryl methyl sites for hydroxylation is 1. The lowest BCUT2D eigenvalue weighted by Crippen LogP contribution is -2.51. The lowest BCUT2D eigenvalue weighted by atomic mass is 9.70. The van der Waals surface area contributed by atoms with E-state index in [1.807, 2.05) is 49.4 Å². The zero-order valence-corrected chi connectivity index (χ0v) is 28.7. The van der Waals surface area contributed by atoms with Gasteiger partial charge in [-0.1, -0.05) is 68.0 Å². The molecule has 3 fully saturated rings. The average molecular weight is 667 g/mol. The molecule has 8 heteroatoms. The van der Waals surface area contributed by atoms with E-state index in [4.69, 9.17) is 9.47 Å². The second-order valence-corrected chi connectivity index (χ2v) is 15.5. The van der Waals surface area contributed by atoms with Crippen LogP contribution in [0, 0.1) is 41.3 Å². The van der Waals surface area contributed by atoms with Gasteiger partial charge in [0.15, 0.2) is 11.6 Å². The molecule has 49 heavy (non-hydrogen) atoms. The van der Waals surface area contributed by atoms with Gasteiger partial charge in [0.1, 0.15) is 6.61 Å². The Labute approximate surface area is 288 Å². The largest absolute Gasteiger partial charge is 0.487 e. The topological polar surface area (TPSA) is 93.7 Å². The van der Waals surface area contributed by atoms with E-state index >= 15 is 4.39 Å². The van der Waals surface area contributed by atoms with Crippen LogP contribution in [0.3, 0.4) is 0 Å². The van der Waals surface area contributed by atoms with Crippen molar-refractivity contribution < 1.29 is 28.2 Å². The van der Waals surface area contributed by atoms with Gasteiger partial charge in [-0.05, 0) is 110 Å². The van der Waals surface area contributed by atoms with Crippen molar-refractivity contribution in [3.63, 3.8) is 0 Å². The summed E-state index contributed by atoms with van der Waals surface area (Å²) in [6.45, 7) is 6.71. The maximum Gasteiger partial charge on any atom is 0.312 e. The summed E-state index contributed by atoms with van der Waals surface area (Å²) < 4.78 is 27.2. The van der Waals surface area contributed by atoms with Gasteiger partial charge in [0, 0.05) is 18.2 Å². The minimum absolute atomic E-state index is 0.00290. The Morgan fingerprint density at radius 2 is 1.67 bits per heavy atom. The number of rotatable bonds is 10. The van der Waals surface area contributed by atoms with Crippen LogP contribution in [0.15, 0.2) is 66.7 Å². The van der Waals surface area contributed by atoms with Gasteiger partial charge >= 0.3 is 5.97 Å². The molecule has 2 bridgehead atoms. The van der Waals surface area contributed by atoms with E-state index in [0.29, 0.717) is 43.4 Å². The predicted molar refractivity (Wildman–Crippen MR) is 186 cm³/mol. The minimum Gasteiger partial charge on any atom is -0.487 e. The van der Waals surface area contributed by atoms with Crippen molar-refractivity contribution in [1.82, 2.24) is 10.6 Å². The highest BCUT2D eigenvalue weighted by Gasteiger charge is 2.49. The van der Waals surface area contributed by atoms with E-state index < -0.39 is 11.2 Å². The van der Waals surface area contributed by atoms with Crippen molar-refractivity contribution in [2.45, 2.75) is 90.9 Å². The highest BCUT2D eigenvalue weighted by Crippen LogP contribution is 2.45. The molecule has 0 spiro atoms. The molecular weight excluding hydrogens is 619 g/mol. The Kier molecular flexibility index (Phi) is 9.01. The number of hydrogen-bond donors (Lipinski definition) is 2. The molecule has 4 aliphatic carbocycles. The number of nitrogens with one attached hydrogen (secondary N) is 2. The minimum atomic E-state index is -0.658. The first-order valence-electron chi connectivity index (χ1n) is 17.9. The molecule has 7 nitrogen and oxygen atoms in total. The second-order valence-electron chi connectivity index (χ2n) is 15.5. The van der Waals surface area contributed by atoms with Crippen LogP contribution in [-0.4, -0.2) is 36.5 Å². The van der Waals surface area contributed by atoms with E-state index in [2.05, 4.69) is 29.7 Å². The molecule has 0 radical (unpaired) electrons. The molecule has 0 heterocycles. The molecule has 7 rings (SSSR count). The maximum absolute atomic E-state index is 15.2. The van der Waals surface area contributed by atoms with Crippen molar-refractivity contribution in [3.8, 4) is 5.75 Å². The molecule has 2 N–H and O–H groups in total. The molecule has 0 saturated heterocycles. The standard InChI is InChI=1S/C41H47FN2O5/c1-25-20-33(42)34(22-32(25)37(45)44-36-28-13-12-27(21-28)35(36)38(46)43-24-40(2)16-7-17-40)49-30-14-18-41(3,19-15-30)39(47)48-23-29-10-6-9-26-8-4-5-11-31(26)29/h4-6,8-13,20,22,27-28,30,35-36H,7,14-19,21,23-24H2,1-3H3,(H,43,46)(H,44,45)/t27-,28+,30?,35+,36-,41?/m1/s1. The third kappa shape index (κ3) is 6.71. The maximum atomic E-state index is 15.2. The van der Waals surface area contributed by atoms with E-state index in [9.17, 15) is 14.4 Å². The molecule has 4 atom stereocenters. The molecule has 0 unspecified atom stereocenters. The number of esters is 1. The number of carbonyl (C=O) groups is 3. The van der Waals surface area contributed by atoms with Gasteiger partial charge in [0.05, 0.1) is 17.4 Å². The summed E-state index contributed by atoms with van der Waals surface area (Å²) in [5, 5.41) is 8.50. The zero-order valence-electron chi connectivity index (χ0n) is 28.7. The summed E-state index contributed by atoms with van der Waals surface area (Å²) in [4.78, 5) is 40.3. The van der Waals surface area contributed by atoms with Crippen LogP contribution in [0.1, 0.15) is 86.7 Å². The summed E-state index contributed by atoms with van der Waals surface area (Å²) in [5.74, 6) is -1.20. The monoisotopic (exact) mass is 666 g/mol. The number of carbonyl (C=O) groups excluding carboxylic acids is 3. The first kappa shape index (κ1) is 33.3. The highest BCUT2D eigenvalue weighted by molar-refractivity contribution is 5.97. The first-order chi connectivity index (χ1) is 23.5. The number of amides is 2. The zero-order chi connectivity index (χ0) is 34.3. The van der Waals surface area contributed by atoms with Gasteiger partial charge in [-0.25, -0.2) is 4.39 Å². The number of fused-ring (bicyclic) bond motifs is 3. The second kappa shape index (κ2) is 13.3. The van der Waals surface area contributed by atoms with Gasteiger partial charge in [0.2, 0.25) is 5.91 Å². The molecule has 0 aliphatic heterocycles. The first-order valence-corrected chi connectivity index (χ1v) is 17.9. The lowest BCUT2D eigenvalue weighted by molar-refractivity contribution is -0.159. The molecule has 3 saturated carbocycles. The van der Waals surface area contributed by atoms with Crippen molar-refractivity contribution in [2.75, 3.05) is 6.54 Å². The van der Waals surface area contributed by atoms with Crippen molar-refractivity contribution in [1.29, 1.82) is 0 Å². The fourth-order valence-corrected chi connectivity index (χ4v) is 8.43. The van der Waals surface area contributed by atoms with Crippen LogP contribution < -0.4 is 15.4 Å². The summed E-state index contributed by atoms with van der Waals surface area (Å²) >= 11 is 0. The Morgan fingerprint density at radius 3 is 2.43 bits per heavy atom. The SMILES string of the molecule is Cc1cc(F)c(OC2CCC(C)(C(=O)OCc3cccc4ccccc34)CC2)cc1C(=O)N[C@H]1[C@@H](C(=O)NCC2(C)CCC2)[C@@H]2C=C[C@H]1C2. The van der Waals surface area contributed by atoms with Gasteiger partial charge in [-0.15, -0.1) is 0 Å². The van der Waals surface area contributed by atoms with E-state index in [1.165, 1.54) is 18.6 Å². The fourth-order valence-electron chi connectivity index (χ4n) is 8.43. The normalized spacial score (nSPS) is 28.1.